The molecule has 0 bridgehead atoms. The maximum atomic E-state index is 13.2. The van der Waals surface area contributed by atoms with Crippen molar-refractivity contribution in [2.24, 2.45) is 0 Å². The first-order valence-electron chi connectivity index (χ1n) is 6.13. The summed E-state index contributed by atoms with van der Waals surface area (Å²) in [7, 11) is 0. The van der Waals surface area contributed by atoms with Gasteiger partial charge in [0.25, 0.3) is 0 Å². The lowest BCUT2D eigenvalue weighted by Crippen LogP contribution is -2.03. The number of hydrogen-bond acceptors (Lipinski definition) is 2. The van der Waals surface area contributed by atoms with Gasteiger partial charge < -0.3 is 5.11 Å². The summed E-state index contributed by atoms with van der Waals surface area (Å²) in [5.41, 5.74) is 2.31. The SMILES string of the molecule is OC(c1ccc(F)cc1I)c1cccc2ncccc12. The van der Waals surface area contributed by atoms with Crippen molar-refractivity contribution in [3.63, 3.8) is 0 Å². The van der Waals surface area contributed by atoms with Crippen LogP contribution in [0, 0.1) is 9.39 Å². The van der Waals surface area contributed by atoms with Crippen LogP contribution in [0.15, 0.2) is 54.7 Å². The van der Waals surface area contributed by atoms with Gasteiger partial charge in [-0.3, -0.25) is 4.98 Å². The molecule has 3 aromatic rings. The Labute approximate surface area is 129 Å². The number of pyridine rings is 1. The zero-order chi connectivity index (χ0) is 14.1. The molecule has 0 aliphatic heterocycles. The number of hydrogen-bond donors (Lipinski definition) is 1. The average molecular weight is 379 g/mol. The Morgan fingerprint density at radius 3 is 2.70 bits per heavy atom. The quantitative estimate of drug-likeness (QED) is 0.682. The fraction of sp³-hybridized carbons (Fsp3) is 0.0625. The van der Waals surface area contributed by atoms with E-state index in [9.17, 15) is 9.50 Å². The van der Waals surface area contributed by atoms with Crippen LogP contribution in [0.5, 0.6) is 0 Å². The van der Waals surface area contributed by atoms with Gasteiger partial charge in [0.05, 0.1) is 5.52 Å². The van der Waals surface area contributed by atoms with Crippen LogP contribution in [-0.2, 0) is 0 Å². The van der Waals surface area contributed by atoms with Crippen LogP contribution in [0.2, 0.25) is 0 Å². The molecule has 2 aromatic carbocycles. The number of aromatic nitrogens is 1. The highest BCUT2D eigenvalue weighted by Crippen LogP contribution is 2.30. The minimum absolute atomic E-state index is 0.301. The molecule has 0 spiro atoms. The average Bonchev–Trinajstić information content (AvgIpc) is 2.46. The van der Waals surface area contributed by atoms with E-state index in [1.54, 1.807) is 12.3 Å². The summed E-state index contributed by atoms with van der Waals surface area (Å²) in [4.78, 5) is 4.28. The van der Waals surface area contributed by atoms with Crippen LogP contribution in [0.1, 0.15) is 17.2 Å². The monoisotopic (exact) mass is 379 g/mol. The highest BCUT2D eigenvalue weighted by molar-refractivity contribution is 14.1. The van der Waals surface area contributed by atoms with Crippen molar-refractivity contribution in [1.29, 1.82) is 0 Å². The van der Waals surface area contributed by atoms with Crippen LogP contribution in [0.3, 0.4) is 0 Å². The summed E-state index contributed by atoms with van der Waals surface area (Å²) in [5.74, 6) is -0.301. The van der Waals surface area contributed by atoms with Gasteiger partial charge in [0.2, 0.25) is 0 Å². The molecule has 100 valence electrons. The molecule has 0 aliphatic carbocycles. The minimum Gasteiger partial charge on any atom is -0.384 e. The molecule has 0 radical (unpaired) electrons. The number of fused-ring (bicyclic) bond motifs is 1. The van der Waals surface area contributed by atoms with Gasteiger partial charge >= 0.3 is 0 Å². The standard InChI is InChI=1S/C16H11FINO/c17-10-6-7-13(14(18)9-10)16(20)12-3-1-5-15-11(12)4-2-8-19-15/h1-9,16,20H. The molecule has 0 saturated heterocycles. The molecule has 4 heteroatoms. The third-order valence-corrected chi connectivity index (χ3v) is 4.17. The summed E-state index contributed by atoms with van der Waals surface area (Å²) in [6, 6.07) is 13.8. The van der Waals surface area contributed by atoms with E-state index in [0.717, 1.165) is 16.5 Å². The largest absolute Gasteiger partial charge is 0.384 e. The second kappa shape index (κ2) is 5.46. The summed E-state index contributed by atoms with van der Waals surface area (Å²) in [5, 5.41) is 11.5. The van der Waals surface area contributed by atoms with E-state index in [2.05, 4.69) is 4.98 Å². The zero-order valence-corrected chi connectivity index (χ0v) is 12.6. The second-order valence-electron chi connectivity index (χ2n) is 4.49. The van der Waals surface area contributed by atoms with Crippen LogP contribution >= 0.6 is 22.6 Å². The van der Waals surface area contributed by atoms with Crippen molar-refractivity contribution >= 4 is 33.5 Å². The first kappa shape index (κ1) is 13.5. The van der Waals surface area contributed by atoms with Crippen LogP contribution in [-0.4, -0.2) is 10.1 Å². The molecule has 1 atom stereocenters. The summed E-state index contributed by atoms with van der Waals surface area (Å²) in [6.07, 6.45) is 0.926. The highest BCUT2D eigenvalue weighted by atomic mass is 127. The van der Waals surface area contributed by atoms with Crippen LogP contribution < -0.4 is 0 Å². The third-order valence-electron chi connectivity index (χ3n) is 3.23. The van der Waals surface area contributed by atoms with Gasteiger partial charge in [-0.2, -0.15) is 0 Å². The van der Waals surface area contributed by atoms with Gasteiger partial charge in [-0.05, 0) is 58.0 Å². The Morgan fingerprint density at radius 1 is 1.05 bits per heavy atom. The summed E-state index contributed by atoms with van der Waals surface area (Å²) in [6.45, 7) is 0. The van der Waals surface area contributed by atoms with Crippen LogP contribution in [0.4, 0.5) is 4.39 Å². The molecule has 0 aliphatic rings. The normalized spacial score (nSPS) is 12.6. The molecule has 1 aromatic heterocycles. The van der Waals surface area contributed by atoms with Crippen LogP contribution in [0.25, 0.3) is 10.9 Å². The molecule has 1 N–H and O–H groups in total. The number of nitrogens with zero attached hydrogens (tertiary/aromatic N) is 1. The second-order valence-corrected chi connectivity index (χ2v) is 5.65. The molecule has 1 heterocycles. The van der Waals surface area contributed by atoms with Crippen molar-refractivity contribution in [3.8, 4) is 0 Å². The van der Waals surface area contributed by atoms with E-state index in [-0.39, 0.29) is 5.82 Å². The van der Waals surface area contributed by atoms with Crippen molar-refractivity contribution in [2.45, 2.75) is 6.10 Å². The number of benzene rings is 2. The Balaban J connectivity index is 2.15. The number of rotatable bonds is 2. The Hall–Kier alpha value is -1.53. The van der Waals surface area contributed by atoms with E-state index in [0.29, 0.717) is 9.13 Å². The molecule has 0 amide bonds. The molecule has 20 heavy (non-hydrogen) atoms. The van der Waals surface area contributed by atoms with Gasteiger partial charge in [-0.15, -0.1) is 0 Å². The summed E-state index contributed by atoms with van der Waals surface area (Å²) < 4.78 is 13.9. The van der Waals surface area contributed by atoms with Crippen molar-refractivity contribution in [2.75, 3.05) is 0 Å². The lowest BCUT2D eigenvalue weighted by Gasteiger charge is -2.15. The molecule has 1 unspecified atom stereocenters. The van der Waals surface area contributed by atoms with Gasteiger partial charge in [-0.1, -0.05) is 24.3 Å². The van der Waals surface area contributed by atoms with Gasteiger partial charge in [-0.25, -0.2) is 4.39 Å². The third kappa shape index (κ3) is 2.41. The number of halogens is 2. The van der Waals surface area contributed by atoms with Gasteiger partial charge in [0.1, 0.15) is 11.9 Å². The molecule has 2 nitrogen and oxygen atoms in total. The van der Waals surface area contributed by atoms with E-state index in [4.69, 9.17) is 0 Å². The fourth-order valence-corrected chi connectivity index (χ4v) is 3.03. The first-order valence-corrected chi connectivity index (χ1v) is 7.21. The minimum atomic E-state index is -0.796. The Morgan fingerprint density at radius 2 is 1.90 bits per heavy atom. The Kier molecular flexibility index (Phi) is 3.67. The van der Waals surface area contributed by atoms with E-state index in [1.807, 2.05) is 52.9 Å². The Bertz CT molecular complexity index is 770. The van der Waals surface area contributed by atoms with Crippen molar-refractivity contribution in [1.82, 2.24) is 4.98 Å². The highest BCUT2D eigenvalue weighted by Gasteiger charge is 2.16. The van der Waals surface area contributed by atoms with E-state index < -0.39 is 6.10 Å². The van der Waals surface area contributed by atoms with E-state index >= 15 is 0 Å². The van der Waals surface area contributed by atoms with E-state index in [1.165, 1.54) is 12.1 Å². The van der Waals surface area contributed by atoms with Crippen molar-refractivity contribution < 1.29 is 9.50 Å². The fourth-order valence-electron chi connectivity index (χ4n) is 2.26. The smallest absolute Gasteiger partial charge is 0.124 e. The molecular weight excluding hydrogens is 368 g/mol. The topological polar surface area (TPSA) is 33.1 Å². The lowest BCUT2D eigenvalue weighted by molar-refractivity contribution is 0.221. The first-order chi connectivity index (χ1) is 9.66. The zero-order valence-electron chi connectivity index (χ0n) is 10.4. The molecule has 0 fully saturated rings. The maximum absolute atomic E-state index is 13.2. The number of aliphatic hydroxyl groups excluding tert-OH is 1. The maximum Gasteiger partial charge on any atom is 0.124 e. The molecule has 0 saturated carbocycles. The van der Waals surface area contributed by atoms with Gasteiger partial charge in [0.15, 0.2) is 0 Å². The predicted molar refractivity (Wildman–Crippen MR) is 84.9 cm³/mol. The molecule has 3 rings (SSSR count). The predicted octanol–water partition coefficient (Wildman–Crippen LogP) is 4.06. The molecular formula is C16H11FINO. The number of aliphatic hydroxyl groups is 1. The summed E-state index contributed by atoms with van der Waals surface area (Å²) >= 11 is 2.04. The van der Waals surface area contributed by atoms with Gasteiger partial charge in [0, 0.05) is 15.2 Å². The lowest BCUT2D eigenvalue weighted by atomic mass is 9.98. The van der Waals surface area contributed by atoms with Crippen molar-refractivity contribution in [3.05, 3.63) is 75.2 Å².